The number of hydrogen-bond donors (Lipinski definition) is 3. The molecule has 0 saturated heterocycles. The van der Waals surface area contributed by atoms with Gasteiger partial charge in [-0.1, -0.05) is 24.3 Å². The van der Waals surface area contributed by atoms with Crippen molar-refractivity contribution in [3.05, 3.63) is 90.5 Å². The van der Waals surface area contributed by atoms with E-state index >= 15 is 0 Å². The smallest absolute Gasteiger partial charge is 0.139 e. The van der Waals surface area contributed by atoms with Gasteiger partial charge < -0.3 is 16.0 Å². The summed E-state index contributed by atoms with van der Waals surface area (Å²) in [6, 6.07) is 21.4. The molecule has 5 aromatic rings. The lowest BCUT2D eigenvalue weighted by atomic mass is 10.0. The Morgan fingerprint density at radius 2 is 1.66 bits per heavy atom. The van der Waals surface area contributed by atoms with Crippen molar-refractivity contribution >= 4 is 39.6 Å². The first-order chi connectivity index (χ1) is 17.2. The highest BCUT2D eigenvalue weighted by atomic mass is 15.0. The first-order valence-electron chi connectivity index (χ1n) is 11.0. The van der Waals surface area contributed by atoms with E-state index in [9.17, 15) is 5.26 Å². The van der Waals surface area contributed by atoms with Gasteiger partial charge in [0.05, 0.1) is 22.6 Å². The molecule has 3 N–H and O–H groups in total. The Hall–Kier alpha value is -5.03. The number of hydrogen-bond acceptors (Lipinski definition) is 8. The molecule has 3 heterocycles. The Bertz CT molecular complexity index is 1570. The second-order valence-corrected chi connectivity index (χ2v) is 7.86. The molecule has 2 aromatic carbocycles. The third kappa shape index (κ3) is 4.30. The van der Waals surface area contributed by atoms with Gasteiger partial charge in [0.2, 0.25) is 0 Å². The van der Waals surface area contributed by atoms with Crippen molar-refractivity contribution in [1.82, 2.24) is 19.9 Å². The number of nitriles is 1. The molecule has 0 saturated carbocycles. The van der Waals surface area contributed by atoms with Gasteiger partial charge in [-0.2, -0.15) is 5.26 Å². The number of nitrogens with zero attached hydrogens (tertiary/aromatic N) is 5. The summed E-state index contributed by atoms with van der Waals surface area (Å²) in [5.74, 6) is 2.08. The molecule has 3 aromatic heterocycles. The van der Waals surface area contributed by atoms with Gasteiger partial charge in [-0.05, 0) is 42.8 Å². The fraction of sp³-hybridized carbons (Fsp3) is 0.0741. The zero-order valence-electron chi connectivity index (χ0n) is 19.2. The lowest BCUT2D eigenvalue weighted by Gasteiger charge is -2.17. The number of benzene rings is 2. The van der Waals surface area contributed by atoms with Crippen LogP contribution in [0, 0.1) is 18.3 Å². The predicted octanol–water partition coefficient (Wildman–Crippen LogP) is 5.80. The molecule has 0 radical (unpaired) electrons. The molecular formula is C27H22N8. The normalized spacial score (nSPS) is 10.5. The second kappa shape index (κ2) is 9.45. The van der Waals surface area contributed by atoms with E-state index in [-0.39, 0.29) is 0 Å². The third-order valence-electron chi connectivity index (χ3n) is 5.70. The van der Waals surface area contributed by atoms with Gasteiger partial charge in [-0.3, -0.25) is 0 Å². The summed E-state index contributed by atoms with van der Waals surface area (Å²) in [5, 5.41) is 21.3. The summed E-state index contributed by atoms with van der Waals surface area (Å²) in [5.41, 5.74) is 4.86. The average Bonchev–Trinajstić information content (AvgIpc) is 2.91. The van der Waals surface area contributed by atoms with Gasteiger partial charge in [-0.25, -0.2) is 19.9 Å². The maximum absolute atomic E-state index is 9.47. The lowest BCUT2D eigenvalue weighted by molar-refractivity contribution is 1.16. The van der Waals surface area contributed by atoms with Crippen LogP contribution in [0.15, 0.2) is 79.4 Å². The van der Waals surface area contributed by atoms with Crippen molar-refractivity contribution in [3.63, 3.8) is 0 Å². The van der Waals surface area contributed by atoms with Crippen molar-refractivity contribution in [2.75, 3.05) is 23.0 Å². The van der Waals surface area contributed by atoms with Crippen LogP contribution in [0.1, 0.15) is 11.1 Å². The number of nitrogens with one attached hydrogen (secondary N) is 3. The van der Waals surface area contributed by atoms with E-state index < -0.39 is 0 Å². The third-order valence-corrected chi connectivity index (χ3v) is 5.70. The minimum Gasteiger partial charge on any atom is -0.373 e. The van der Waals surface area contributed by atoms with Crippen molar-refractivity contribution in [2.45, 2.75) is 6.92 Å². The SMILES string of the molecule is CNc1cc(-c2cccnc2Nc2c(C)ccc3c(Nc4ccccc4C#N)nccc23)ncn1. The molecule has 8 nitrogen and oxygen atoms in total. The summed E-state index contributed by atoms with van der Waals surface area (Å²) < 4.78 is 0. The first kappa shape index (κ1) is 21.8. The molecule has 0 aliphatic heterocycles. The molecule has 5 rings (SSSR count). The molecule has 0 aliphatic carbocycles. The van der Waals surface area contributed by atoms with Gasteiger partial charge in [0.1, 0.15) is 29.9 Å². The Morgan fingerprint density at radius 1 is 0.800 bits per heavy atom. The fourth-order valence-electron chi connectivity index (χ4n) is 3.92. The van der Waals surface area contributed by atoms with Crippen molar-refractivity contribution in [3.8, 4) is 17.3 Å². The van der Waals surface area contributed by atoms with Crippen LogP contribution in [0.5, 0.6) is 0 Å². The molecular weight excluding hydrogens is 436 g/mol. The summed E-state index contributed by atoms with van der Waals surface area (Å²) in [4.78, 5) is 17.8. The average molecular weight is 459 g/mol. The molecule has 0 amide bonds. The molecule has 0 fully saturated rings. The summed E-state index contributed by atoms with van der Waals surface area (Å²) in [7, 11) is 1.82. The number of para-hydroxylation sites is 1. The maximum Gasteiger partial charge on any atom is 0.139 e. The molecule has 35 heavy (non-hydrogen) atoms. The van der Waals surface area contributed by atoms with E-state index in [2.05, 4.69) is 42.0 Å². The van der Waals surface area contributed by atoms with Gasteiger partial charge in [0, 0.05) is 41.8 Å². The van der Waals surface area contributed by atoms with Crippen LogP contribution in [0.4, 0.5) is 28.8 Å². The fourth-order valence-corrected chi connectivity index (χ4v) is 3.92. The zero-order chi connectivity index (χ0) is 24.2. The molecule has 170 valence electrons. The summed E-state index contributed by atoms with van der Waals surface area (Å²) >= 11 is 0. The number of rotatable bonds is 6. The van der Waals surface area contributed by atoms with E-state index in [1.54, 1.807) is 18.5 Å². The van der Waals surface area contributed by atoms with E-state index in [0.717, 1.165) is 39.1 Å². The van der Waals surface area contributed by atoms with Crippen molar-refractivity contribution in [2.24, 2.45) is 0 Å². The number of aromatic nitrogens is 4. The molecule has 0 aliphatic rings. The highest BCUT2D eigenvalue weighted by Crippen LogP contribution is 2.36. The minimum absolute atomic E-state index is 0.556. The van der Waals surface area contributed by atoms with Crippen molar-refractivity contribution in [1.29, 1.82) is 5.26 Å². The van der Waals surface area contributed by atoms with Crippen LogP contribution in [0.25, 0.3) is 22.0 Å². The van der Waals surface area contributed by atoms with Gasteiger partial charge in [-0.15, -0.1) is 0 Å². The quantitative estimate of drug-likeness (QED) is 0.293. The van der Waals surface area contributed by atoms with Crippen LogP contribution >= 0.6 is 0 Å². The van der Waals surface area contributed by atoms with E-state index in [1.165, 1.54) is 6.33 Å². The van der Waals surface area contributed by atoms with E-state index in [1.807, 2.05) is 68.6 Å². The van der Waals surface area contributed by atoms with Crippen LogP contribution < -0.4 is 16.0 Å². The topological polar surface area (TPSA) is 111 Å². The minimum atomic E-state index is 0.556. The molecule has 0 atom stereocenters. The zero-order valence-corrected chi connectivity index (χ0v) is 19.2. The molecule has 0 spiro atoms. The Morgan fingerprint density at radius 3 is 2.51 bits per heavy atom. The monoisotopic (exact) mass is 458 g/mol. The van der Waals surface area contributed by atoms with Crippen LogP contribution in [0.2, 0.25) is 0 Å². The van der Waals surface area contributed by atoms with Gasteiger partial charge in [0.15, 0.2) is 0 Å². The molecule has 0 unspecified atom stereocenters. The van der Waals surface area contributed by atoms with Gasteiger partial charge in [0.25, 0.3) is 0 Å². The Balaban J connectivity index is 1.58. The molecule has 8 heteroatoms. The van der Waals surface area contributed by atoms with Crippen molar-refractivity contribution < 1.29 is 0 Å². The number of anilines is 5. The van der Waals surface area contributed by atoms with E-state index in [0.29, 0.717) is 22.9 Å². The van der Waals surface area contributed by atoms with Crippen LogP contribution in [-0.2, 0) is 0 Å². The highest BCUT2D eigenvalue weighted by molar-refractivity contribution is 6.03. The van der Waals surface area contributed by atoms with E-state index in [4.69, 9.17) is 0 Å². The number of fused-ring (bicyclic) bond motifs is 1. The number of pyridine rings is 2. The summed E-state index contributed by atoms with van der Waals surface area (Å²) in [6.07, 6.45) is 5.04. The Kier molecular flexibility index (Phi) is 5.89. The maximum atomic E-state index is 9.47. The predicted molar refractivity (Wildman–Crippen MR) is 139 cm³/mol. The highest BCUT2D eigenvalue weighted by Gasteiger charge is 2.14. The second-order valence-electron chi connectivity index (χ2n) is 7.86. The number of aryl methyl sites for hydroxylation is 1. The largest absolute Gasteiger partial charge is 0.373 e. The first-order valence-corrected chi connectivity index (χ1v) is 11.0. The van der Waals surface area contributed by atoms with Gasteiger partial charge >= 0.3 is 0 Å². The molecule has 0 bridgehead atoms. The van der Waals surface area contributed by atoms with Crippen LogP contribution in [-0.4, -0.2) is 27.0 Å². The lowest BCUT2D eigenvalue weighted by Crippen LogP contribution is -2.02. The van der Waals surface area contributed by atoms with Crippen LogP contribution in [0.3, 0.4) is 0 Å². The summed E-state index contributed by atoms with van der Waals surface area (Å²) in [6.45, 7) is 2.05. The Labute approximate surface area is 202 Å². The standard InChI is InChI=1S/C27H22N8/c1-17-9-10-20-19(11-13-31-26(20)34-22-8-4-3-6-18(22)15-28)25(17)35-27-21(7-5-12-30-27)23-14-24(29-2)33-16-32-23/h3-14,16H,1-2H3,(H,30,35)(H,31,34)(H,29,32,33).